The Morgan fingerprint density at radius 3 is 1.82 bits per heavy atom. The van der Waals surface area contributed by atoms with Crippen molar-refractivity contribution in [3.8, 4) is 11.5 Å². The molecular weight excluding hydrogens is 545 g/mol. The summed E-state index contributed by atoms with van der Waals surface area (Å²) in [7, 11) is -8.66. The van der Waals surface area contributed by atoms with Crippen LogP contribution in [0.2, 0.25) is 0 Å². The SMILES string of the molecule is N=C(N)c1ccc(C(NS(=O)(=O)c2cccc3ccccc23)P(=O)(Oc2ccccc2)Oc2ccccc2)cc1. The molecule has 1 unspecified atom stereocenters. The lowest BCUT2D eigenvalue weighted by atomic mass is 10.1. The highest BCUT2D eigenvalue weighted by Gasteiger charge is 2.44. The molecule has 5 rings (SSSR count). The van der Waals surface area contributed by atoms with Gasteiger partial charge in [0.2, 0.25) is 10.0 Å². The fourth-order valence-corrected chi connectivity index (χ4v) is 8.02. The summed E-state index contributed by atoms with van der Waals surface area (Å²) in [6, 6.07) is 35.0. The third kappa shape index (κ3) is 5.92. The summed E-state index contributed by atoms with van der Waals surface area (Å²) in [5, 5.41) is 8.97. The Morgan fingerprint density at radius 2 is 1.25 bits per heavy atom. The lowest BCUT2D eigenvalue weighted by Crippen LogP contribution is -2.31. The number of nitrogens with two attached hydrogens (primary N) is 1. The molecule has 4 N–H and O–H groups in total. The summed E-state index contributed by atoms with van der Waals surface area (Å²) in [6.45, 7) is 0. The van der Waals surface area contributed by atoms with E-state index < -0.39 is 23.4 Å². The summed E-state index contributed by atoms with van der Waals surface area (Å²) < 4.78 is 57.4. The van der Waals surface area contributed by atoms with Gasteiger partial charge in [-0.2, -0.15) is 4.72 Å². The van der Waals surface area contributed by atoms with Crippen LogP contribution < -0.4 is 19.5 Å². The summed E-state index contributed by atoms with van der Waals surface area (Å²) in [6.07, 6.45) is 0. The first-order chi connectivity index (χ1) is 19.2. The van der Waals surface area contributed by atoms with Crippen LogP contribution in [-0.2, 0) is 14.6 Å². The van der Waals surface area contributed by atoms with E-state index in [4.69, 9.17) is 20.2 Å². The molecule has 0 radical (unpaired) electrons. The van der Waals surface area contributed by atoms with E-state index >= 15 is 0 Å². The molecule has 0 saturated carbocycles. The van der Waals surface area contributed by atoms with Crippen molar-refractivity contribution in [1.29, 1.82) is 5.41 Å². The van der Waals surface area contributed by atoms with Gasteiger partial charge in [-0.25, -0.2) is 13.0 Å². The molecule has 0 spiro atoms. The number of nitrogen functional groups attached to an aromatic ring is 1. The minimum atomic E-state index is -4.39. The number of benzene rings is 5. The van der Waals surface area contributed by atoms with Crippen molar-refractivity contribution in [1.82, 2.24) is 4.72 Å². The van der Waals surface area contributed by atoms with Gasteiger partial charge in [-0.3, -0.25) is 5.41 Å². The predicted octanol–water partition coefficient (Wildman–Crippen LogP) is 6.45. The van der Waals surface area contributed by atoms with E-state index in [0.29, 0.717) is 16.5 Å². The Hall–Kier alpha value is -4.43. The number of para-hydroxylation sites is 2. The van der Waals surface area contributed by atoms with Crippen molar-refractivity contribution in [2.45, 2.75) is 10.7 Å². The van der Waals surface area contributed by atoms with Crippen molar-refractivity contribution >= 4 is 34.2 Å². The first kappa shape index (κ1) is 27.1. The molecule has 0 aromatic heterocycles. The maximum absolute atomic E-state index is 14.8. The van der Waals surface area contributed by atoms with Crippen LogP contribution >= 0.6 is 7.60 Å². The van der Waals surface area contributed by atoms with Gasteiger partial charge in [0.15, 0.2) is 5.78 Å². The van der Waals surface area contributed by atoms with Gasteiger partial charge in [0.1, 0.15) is 17.3 Å². The van der Waals surface area contributed by atoms with Crippen LogP contribution in [0.5, 0.6) is 11.5 Å². The molecule has 0 fully saturated rings. The van der Waals surface area contributed by atoms with Crippen LogP contribution in [0.4, 0.5) is 0 Å². The highest BCUT2D eigenvalue weighted by Crippen LogP contribution is 2.59. The van der Waals surface area contributed by atoms with Crippen LogP contribution in [0.3, 0.4) is 0 Å². The number of fused-ring (bicyclic) bond motifs is 1. The molecule has 10 heteroatoms. The monoisotopic (exact) mass is 571 g/mol. The van der Waals surface area contributed by atoms with Crippen molar-refractivity contribution in [3.05, 3.63) is 139 Å². The zero-order valence-electron chi connectivity index (χ0n) is 21.2. The normalized spacial score (nSPS) is 12.5. The highest BCUT2D eigenvalue weighted by molar-refractivity contribution is 7.90. The zero-order valence-corrected chi connectivity index (χ0v) is 22.9. The fraction of sp³-hybridized carbons (Fsp3) is 0.0333. The van der Waals surface area contributed by atoms with E-state index in [0.717, 1.165) is 5.39 Å². The van der Waals surface area contributed by atoms with Crippen molar-refractivity contribution in [2.75, 3.05) is 0 Å². The van der Waals surface area contributed by atoms with E-state index in [-0.39, 0.29) is 22.2 Å². The van der Waals surface area contributed by atoms with Crippen LogP contribution in [-0.4, -0.2) is 14.3 Å². The van der Waals surface area contributed by atoms with Gasteiger partial charge < -0.3 is 14.8 Å². The second-order valence-corrected chi connectivity index (χ2v) is 12.5. The number of sulfonamides is 1. The van der Waals surface area contributed by atoms with Crippen molar-refractivity contribution in [2.24, 2.45) is 5.73 Å². The number of hydrogen-bond acceptors (Lipinski definition) is 6. The number of hydrogen-bond donors (Lipinski definition) is 3. The molecule has 0 aliphatic rings. The summed E-state index contributed by atoms with van der Waals surface area (Å²) in [5.74, 6) is -1.17. The van der Waals surface area contributed by atoms with Gasteiger partial charge in [0, 0.05) is 10.9 Å². The highest BCUT2D eigenvalue weighted by atomic mass is 32.2. The van der Waals surface area contributed by atoms with Gasteiger partial charge in [0.05, 0.1) is 4.90 Å². The third-order valence-corrected chi connectivity index (χ3v) is 9.76. The van der Waals surface area contributed by atoms with E-state index in [1.54, 1.807) is 103 Å². The molecule has 0 bridgehead atoms. The van der Waals surface area contributed by atoms with Crippen molar-refractivity contribution < 1.29 is 22.0 Å². The molecule has 5 aromatic rings. The molecule has 0 heterocycles. The summed E-state index contributed by atoms with van der Waals surface area (Å²) >= 11 is 0. The Morgan fingerprint density at radius 1 is 0.725 bits per heavy atom. The lowest BCUT2D eigenvalue weighted by molar-refractivity contribution is 0.368. The second kappa shape index (κ2) is 11.4. The molecule has 0 amide bonds. The van der Waals surface area contributed by atoms with Gasteiger partial charge in [-0.15, -0.1) is 0 Å². The molecule has 0 saturated heterocycles. The van der Waals surface area contributed by atoms with Gasteiger partial charge in [0.25, 0.3) is 0 Å². The molecular formula is C30H26N3O5PS. The average Bonchev–Trinajstić information content (AvgIpc) is 2.96. The minimum absolute atomic E-state index is 0.0157. The molecule has 1 atom stereocenters. The van der Waals surface area contributed by atoms with Crippen LogP contribution in [0.25, 0.3) is 10.8 Å². The minimum Gasteiger partial charge on any atom is -0.415 e. The first-order valence-electron chi connectivity index (χ1n) is 12.3. The van der Waals surface area contributed by atoms with Crippen LogP contribution in [0.15, 0.2) is 132 Å². The lowest BCUT2D eigenvalue weighted by Gasteiger charge is -2.28. The Labute approximate surface area is 232 Å². The van der Waals surface area contributed by atoms with Crippen molar-refractivity contribution in [3.63, 3.8) is 0 Å². The quantitative estimate of drug-likeness (QED) is 0.100. The zero-order chi connectivity index (χ0) is 28.2. The summed E-state index contributed by atoms with van der Waals surface area (Å²) in [4.78, 5) is 0.0157. The molecule has 0 aliphatic carbocycles. The molecule has 40 heavy (non-hydrogen) atoms. The summed E-state index contributed by atoms with van der Waals surface area (Å²) in [5.41, 5.74) is 6.34. The van der Waals surface area contributed by atoms with Crippen LogP contribution in [0, 0.1) is 5.41 Å². The van der Waals surface area contributed by atoms with E-state index in [9.17, 15) is 13.0 Å². The van der Waals surface area contributed by atoms with Gasteiger partial charge >= 0.3 is 7.60 Å². The third-order valence-electron chi connectivity index (χ3n) is 6.11. The van der Waals surface area contributed by atoms with E-state index in [2.05, 4.69) is 4.72 Å². The Balaban J connectivity index is 1.66. The maximum Gasteiger partial charge on any atom is 0.453 e. The van der Waals surface area contributed by atoms with E-state index in [1.807, 2.05) is 18.2 Å². The van der Waals surface area contributed by atoms with Gasteiger partial charge in [-0.05, 0) is 41.3 Å². The second-order valence-electron chi connectivity index (χ2n) is 8.89. The van der Waals surface area contributed by atoms with Crippen LogP contribution in [0.1, 0.15) is 16.9 Å². The molecule has 202 valence electrons. The molecule has 5 aromatic carbocycles. The predicted molar refractivity (Wildman–Crippen MR) is 156 cm³/mol. The standard InChI is InChI=1S/C30H26N3O5PS/c31-29(32)23-18-20-24(21-19-23)30(33-40(35,36)28-17-9-11-22-10-7-8-16-27(22)28)39(34,37-25-12-3-1-4-13-25)38-26-14-5-2-6-15-26/h1-21,30,33H,(H3,31,32). The van der Waals surface area contributed by atoms with E-state index in [1.165, 1.54) is 6.07 Å². The van der Waals surface area contributed by atoms with Gasteiger partial charge in [-0.1, -0.05) is 97.1 Å². The number of rotatable bonds is 10. The average molecular weight is 572 g/mol. The first-order valence-corrected chi connectivity index (χ1v) is 15.4. The smallest absolute Gasteiger partial charge is 0.415 e. The Kier molecular flexibility index (Phi) is 7.71. The maximum atomic E-state index is 14.8. The fourth-order valence-electron chi connectivity index (χ4n) is 4.18. The molecule has 0 aliphatic heterocycles. The number of nitrogens with one attached hydrogen (secondary N) is 2. The largest absolute Gasteiger partial charge is 0.453 e. The topological polar surface area (TPSA) is 132 Å². The Bertz CT molecular complexity index is 1750. The molecule has 8 nitrogen and oxygen atoms in total. The number of amidine groups is 1.